The third-order valence-electron chi connectivity index (χ3n) is 2.90. The van der Waals surface area contributed by atoms with Crippen molar-refractivity contribution in [1.82, 2.24) is 0 Å². The average Bonchev–Trinajstić information content (AvgIpc) is 2.54. The van der Waals surface area contributed by atoms with Crippen molar-refractivity contribution >= 4 is 58.2 Å². The predicted molar refractivity (Wildman–Crippen MR) is 95.6 cm³/mol. The molecule has 2 aromatic rings. The van der Waals surface area contributed by atoms with Crippen LogP contribution in [0.25, 0.3) is 0 Å². The van der Waals surface area contributed by atoms with Crippen LogP contribution in [0, 0.1) is 0 Å². The predicted octanol–water partition coefficient (Wildman–Crippen LogP) is 4.79. The van der Waals surface area contributed by atoms with Crippen LogP contribution in [0.1, 0.15) is 15.9 Å². The van der Waals surface area contributed by atoms with Crippen LogP contribution in [-0.4, -0.2) is 18.9 Å². The fraction of sp³-hybridized carbons (Fsp3) is 0.0667. The molecule has 2 N–H and O–H groups in total. The van der Waals surface area contributed by atoms with Gasteiger partial charge in [-0.2, -0.15) is 0 Å². The number of hydrogen-bond donors (Lipinski definition) is 1. The van der Waals surface area contributed by atoms with Gasteiger partial charge in [-0.3, -0.25) is 0 Å². The molecule has 0 aromatic heterocycles. The number of nitrogens with two attached hydrogens (primary N) is 1. The van der Waals surface area contributed by atoms with E-state index in [4.69, 9.17) is 61.7 Å². The second-order valence-corrected chi connectivity index (χ2v) is 6.07. The van der Waals surface area contributed by atoms with E-state index in [1.165, 1.54) is 25.3 Å². The Hall–Kier alpha value is -1.66. The van der Waals surface area contributed by atoms with Crippen molar-refractivity contribution < 1.29 is 14.4 Å². The normalized spacial score (nSPS) is 11.3. The minimum atomic E-state index is -0.882. The number of halogens is 4. The molecule has 5 nitrogen and oxygen atoms in total. The highest BCUT2D eigenvalue weighted by molar-refractivity contribution is 6.37. The summed E-state index contributed by atoms with van der Waals surface area (Å²) in [6, 6.07) is 7.53. The number of ether oxygens (including phenoxy) is 1. The van der Waals surface area contributed by atoms with E-state index >= 15 is 0 Å². The molecule has 2 aromatic carbocycles. The van der Waals surface area contributed by atoms with Gasteiger partial charge in [0.05, 0.1) is 22.2 Å². The summed E-state index contributed by atoms with van der Waals surface area (Å²) in [6.45, 7) is 0. The lowest BCUT2D eigenvalue weighted by atomic mass is 10.2. The summed E-state index contributed by atoms with van der Waals surface area (Å²) < 4.78 is 5.07. The molecule has 2 rings (SSSR count). The molecular formula is C15H10Cl4N2O3. The van der Waals surface area contributed by atoms with Gasteiger partial charge < -0.3 is 15.3 Å². The van der Waals surface area contributed by atoms with Crippen LogP contribution in [0.2, 0.25) is 20.1 Å². The number of oxime groups is 1. The van der Waals surface area contributed by atoms with Crippen molar-refractivity contribution in [1.29, 1.82) is 0 Å². The summed E-state index contributed by atoms with van der Waals surface area (Å²) in [4.78, 5) is 17.0. The maximum Gasteiger partial charge on any atom is 0.371 e. The molecule has 0 unspecified atom stereocenters. The quantitative estimate of drug-likeness (QED) is 0.342. The van der Waals surface area contributed by atoms with Gasteiger partial charge >= 0.3 is 5.97 Å². The van der Waals surface area contributed by atoms with E-state index in [1.807, 2.05) is 0 Å². The third-order valence-corrected chi connectivity index (χ3v) is 4.06. The zero-order valence-corrected chi connectivity index (χ0v) is 15.2. The molecule has 0 saturated heterocycles. The van der Waals surface area contributed by atoms with Crippen LogP contribution in [0.4, 0.5) is 0 Å². The molecule has 0 spiro atoms. The Bertz CT molecular complexity index is 825. The molecule has 0 aliphatic heterocycles. The standard InChI is InChI=1S/C15H10Cl4N2O3/c1-23-13-10(18)5-4-9(17)12(13)15(22)24-21-14(20)8-3-2-7(16)6-11(8)19/h2-6H,1H3,(H2,20,21). The summed E-state index contributed by atoms with van der Waals surface area (Å²) >= 11 is 23.8. The molecule has 0 aliphatic rings. The van der Waals surface area contributed by atoms with E-state index in [9.17, 15) is 4.79 Å². The second-order valence-electron chi connectivity index (χ2n) is 4.42. The molecule has 0 radical (unpaired) electrons. The molecule has 0 aliphatic carbocycles. The fourth-order valence-corrected chi connectivity index (χ4v) is 2.77. The lowest BCUT2D eigenvalue weighted by Gasteiger charge is -2.10. The van der Waals surface area contributed by atoms with Crippen molar-refractivity contribution in [3.63, 3.8) is 0 Å². The fourth-order valence-electron chi connectivity index (χ4n) is 1.81. The molecule has 0 heterocycles. The van der Waals surface area contributed by atoms with Crippen molar-refractivity contribution in [2.75, 3.05) is 7.11 Å². The minimum Gasteiger partial charge on any atom is -0.494 e. The first-order chi connectivity index (χ1) is 11.3. The van der Waals surface area contributed by atoms with Crippen LogP contribution in [-0.2, 0) is 4.84 Å². The molecule has 0 saturated carbocycles. The molecule has 0 atom stereocenters. The SMILES string of the molecule is COc1c(Cl)ccc(Cl)c1C(=O)O/N=C(\N)c1ccc(Cl)cc1Cl. The van der Waals surface area contributed by atoms with E-state index in [0.717, 1.165) is 0 Å². The van der Waals surface area contributed by atoms with Crippen molar-refractivity contribution in [3.05, 3.63) is 61.5 Å². The molecule has 0 amide bonds. The van der Waals surface area contributed by atoms with E-state index in [-0.39, 0.29) is 32.2 Å². The van der Waals surface area contributed by atoms with Crippen LogP contribution in [0.15, 0.2) is 35.5 Å². The summed E-state index contributed by atoms with van der Waals surface area (Å²) in [6.07, 6.45) is 0. The Balaban J connectivity index is 2.29. The van der Waals surface area contributed by atoms with Gasteiger partial charge in [0.25, 0.3) is 0 Å². The lowest BCUT2D eigenvalue weighted by Crippen LogP contribution is -2.16. The monoisotopic (exact) mass is 406 g/mol. The van der Waals surface area contributed by atoms with Gasteiger partial charge in [-0.05, 0) is 30.3 Å². The number of methoxy groups -OCH3 is 1. The summed E-state index contributed by atoms with van der Waals surface area (Å²) in [5, 5.41) is 4.56. The third kappa shape index (κ3) is 4.05. The average molecular weight is 408 g/mol. The number of carbonyl (C=O) groups excluding carboxylic acids is 1. The number of hydrogen-bond acceptors (Lipinski definition) is 4. The van der Waals surface area contributed by atoms with E-state index in [1.54, 1.807) is 12.1 Å². The van der Waals surface area contributed by atoms with Crippen molar-refractivity contribution in [3.8, 4) is 5.75 Å². The number of nitrogens with zero attached hydrogens (tertiary/aromatic N) is 1. The molecule has 24 heavy (non-hydrogen) atoms. The Morgan fingerprint density at radius 2 is 1.71 bits per heavy atom. The maximum atomic E-state index is 12.2. The molecule has 9 heteroatoms. The highest BCUT2D eigenvalue weighted by Crippen LogP contribution is 2.34. The summed E-state index contributed by atoms with van der Waals surface area (Å²) in [5.41, 5.74) is 6.06. The Morgan fingerprint density at radius 1 is 1.04 bits per heavy atom. The van der Waals surface area contributed by atoms with E-state index in [0.29, 0.717) is 10.6 Å². The number of carbonyl (C=O) groups is 1. The second kappa shape index (κ2) is 7.94. The Morgan fingerprint density at radius 3 is 2.33 bits per heavy atom. The van der Waals surface area contributed by atoms with Crippen LogP contribution in [0.3, 0.4) is 0 Å². The maximum absolute atomic E-state index is 12.2. The zero-order chi connectivity index (χ0) is 17.9. The van der Waals surface area contributed by atoms with E-state index in [2.05, 4.69) is 5.16 Å². The van der Waals surface area contributed by atoms with Gasteiger partial charge in [0.2, 0.25) is 0 Å². The van der Waals surface area contributed by atoms with Crippen LogP contribution in [0.5, 0.6) is 5.75 Å². The number of benzene rings is 2. The van der Waals surface area contributed by atoms with Gasteiger partial charge in [0, 0.05) is 10.6 Å². The van der Waals surface area contributed by atoms with Crippen molar-refractivity contribution in [2.24, 2.45) is 10.9 Å². The molecule has 126 valence electrons. The van der Waals surface area contributed by atoms with Crippen LogP contribution >= 0.6 is 46.4 Å². The van der Waals surface area contributed by atoms with Gasteiger partial charge in [0.1, 0.15) is 5.56 Å². The largest absolute Gasteiger partial charge is 0.494 e. The van der Waals surface area contributed by atoms with Gasteiger partial charge in [-0.15, -0.1) is 0 Å². The Kier molecular flexibility index (Phi) is 6.18. The smallest absolute Gasteiger partial charge is 0.371 e. The van der Waals surface area contributed by atoms with Crippen LogP contribution < -0.4 is 10.5 Å². The van der Waals surface area contributed by atoms with Crippen molar-refractivity contribution in [2.45, 2.75) is 0 Å². The Labute approximate surface area is 157 Å². The highest BCUT2D eigenvalue weighted by atomic mass is 35.5. The van der Waals surface area contributed by atoms with Gasteiger partial charge in [-0.1, -0.05) is 51.6 Å². The molecule has 0 bridgehead atoms. The summed E-state index contributed by atoms with van der Waals surface area (Å²) in [7, 11) is 1.35. The first-order valence-electron chi connectivity index (χ1n) is 6.37. The molecule has 0 fully saturated rings. The first-order valence-corrected chi connectivity index (χ1v) is 7.88. The molecular weight excluding hydrogens is 398 g/mol. The number of rotatable bonds is 4. The zero-order valence-electron chi connectivity index (χ0n) is 12.1. The first kappa shape index (κ1) is 18.7. The van der Waals surface area contributed by atoms with Gasteiger partial charge in [-0.25, -0.2) is 4.79 Å². The van der Waals surface area contributed by atoms with E-state index < -0.39 is 5.97 Å². The summed E-state index contributed by atoms with van der Waals surface area (Å²) in [5.74, 6) is -0.915. The minimum absolute atomic E-state index is 0.0644. The highest BCUT2D eigenvalue weighted by Gasteiger charge is 2.21. The van der Waals surface area contributed by atoms with Gasteiger partial charge in [0.15, 0.2) is 11.6 Å². The lowest BCUT2D eigenvalue weighted by molar-refractivity contribution is 0.0512. The topological polar surface area (TPSA) is 73.9 Å². The number of amidine groups is 1.